The van der Waals surface area contributed by atoms with Crippen LogP contribution in [0.2, 0.25) is 0 Å². The number of nitrogens with zero attached hydrogens (tertiary/aromatic N) is 1. The lowest BCUT2D eigenvalue weighted by molar-refractivity contribution is -0.173. The molecule has 5 nitrogen and oxygen atoms in total. The predicted molar refractivity (Wildman–Crippen MR) is 145 cm³/mol. The van der Waals surface area contributed by atoms with Crippen molar-refractivity contribution in [3.63, 3.8) is 0 Å². The third-order valence-electron chi connectivity index (χ3n) is 10.3. The first-order valence-corrected chi connectivity index (χ1v) is 14.1. The van der Waals surface area contributed by atoms with Gasteiger partial charge in [-0.1, -0.05) is 68.0 Å². The van der Waals surface area contributed by atoms with Crippen LogP contribution in [0.3, 0.4) is 0 Å². The molecule has 2 fully saturated rings. The molecule has 6 rings (SSSR count). The summed E-state index contributed by atoms with van der Waals surface area (Å²) in [5, 5.41) is 0. The Bertz CT molecular complexity index is 1270. The van der Waals surface area contributed by atoms with Crippen molar-refractivity contribution in [2.45, 2.75) is 71.5 Å². The smallest absolute Gasteiger partial charge is 0.417 e. The molecule has 0 spiro atoms. The number of rotatable bonds is 4. The van der Waals surface area contributed by atoms with Gasteiger partial charge in [-0.05, 0) is 89.9 Å². The Morgan fingerprint density at radius 1 is 0.921 bits per heavy atom. The lowest BCUT2D eigenvalue weighted by Gasteiger charge is -2.57. The van der Waals surface area contributed by atoms with E-state index in [1.807, 2.05) is 48.8 Å². The number of aromatic nitrogens is 1. The lowest BCUT2D eigenvalue weighted by Crippen LogP contribution is -2.50. The highest BCUT2D eigenvalue weighted by molar-refractivity contribution is 6.29. The van der Waals surface area contributed by atoms with Crippen LogP contribution in [0.15, 0.2) is 72.6 Å². The number of pyridine rings is 1. The van der Waals surface area contributed by atoms with Gasteiger partial charge in [-0.25, -0.2) is 9.59 Å². The molecular weight excluding hydrogens is 474 g/mol. The lowest BCUT2D eigenvalue weighted by atomic mass is 9.47. The van der Waals surface area contributed by atoms with Crippen LogP contribution in [-0.2, 0) is 25.7 Å². The van der Waals surface area contributed by atoms with E-state index >= 15 is 0 Å². The van der Waals surface area contributed by atoms with Gasteiger partial charge in [-0.15, -0.1) is 0 Å². The molecular formula is C33H37NO4. The molecule has 0 bridgehead atoms. The van der Waals surface area contributed by atoms with Crippen molar-refractivity contribution < 1.29 is 19.1 Å². The Morgan fingerprint density at radius 3 is 2.53 bits per heavy atom. The van der Waals surface area contributed by atoms with E-state index in [-0.39, 0.29) is 23.5 Å². The average molecular weight is 512 g/mol. The Morgan fingerprint density at radius 2 is 1.74 bits per heavy atom. The summed E-state index contributed by atoms with van der Waals surface area (Å²) >= 11 is 0. The fourth-order valence-corrected chi connectivity index (χ4v) is 8.25. The summed E-state index contributed by atoms with van der Waals surface area (Å²) in [5.41, 5.74) is 5.37. The predicted octanol–water partition coefficient (Wildman–Crippen LogP) is 6.69. The summed E-state index contributed by atoms with van der Waals surface area (Å²) in [7, 11) is 0. The molecule has 198 valence electrons. The first-order chi connectivity index (χ1) is 18.4. The SMILES string of the molecule is C[C@]12CC[C@H](OC(=O)C(=O)OCc3ccccc3)CC1=CC[C@@H]1[C@@H]2CC[C@]2(C)C(c3cccnc3)=CC[C@@H]12. The van der Waals surface area contributed by atoms with E-state index in [0.717, 1.165) is 37.7 Å². The summed E-state index contributed by atoms with van der Waals surface area (Å²) in [6.07, 6.45) is 15.7. The van der Waals surface area contributed by atoms with Crippen molar-refractivity contribution in [1.29, 1.82) is 0 Å². The van der Waals surface area contributed by atoms with Gasteiger partial charge >= 0.3 is 11.9 Å². The summed E-state index contributed by atoms with van der Waals surface area (Å²) in [6, 6.07) is 13.6. The molecule has 1 heterocycles. The minimum atomic E-state index is -0.912. The van der Waals surface area contributed by atoms with Crippen molar-refractivity contribution in [3.05, 3.63) is 83.7 Å². The van der Waals surface area contributed by atoms with Gasteiger partial charge in [0, 0.05) is 18.8 Å². The van der Waals surface area contributed by atoms with Crippen molar-refractivity contribution >= 4 is 17.5 Å². The van der Waals surface area contributed by atoms with Crippen LogP contribution in [0.5, 0.6) is 0 Å². The highest BCUT2D eigenvalue weighted by atomic mass is 16.6. The number of hydrogen-bond donors (Lipinski definition) is 0. The number of allylic oxidation sites excluding steroid dienone is 3. The van der Waals surface area contributed by atoms with Crippen LogP contribution in [0.1, 0.15) is 69.9 Å². The third-order valence-corrected chi connectivity index (χ3v) is 10.3. The monoisotopic (exact) mass is 511 g/mol. The molecule has 2 aromatic rings. The molecule has 0 unspecified atom stereocenters. The third kappa shape index (κ3) is 4.30. The molecule has 38 heavy (non-hydrogen) atoms. The molecule has 4 aliphatic carbocycles. The summed E-state index contributed by atoms with van der Waals surface area (Å²) in [5.74, 6) is 0.178. The second kappa shape index (κ2) is 9.83. The number of ether oxygens (including phenoxy) is 2. The highest BCUT2D eigenvalue weighted by Gasteiger charge is 2.57. The van der Waals surface area contributed by atoms with Crippen LogP contribution in [-0.4, -0.2) is 23.0 Å². The number of benzene rings is 1. The summed E-state index contributed by atoms with van der Waals surface area (Å²) < 4.78 is 10.8. The van der Waals surface area contributed by atoms with Crippen molar-refractivity contribution in [2.75, 3.05) is 0 Å². The number of carbonyl (C=O) groups excluding carboxylic acids is 2. The largest absolute Gasteiger partial charge is 0.454 e. The van der Waals surface area contributed by atoms with Gasteiger partial charge in [0.25, 0.3) is 0 Å². The topological polar surface area (TPSA) is 65.5 Å². The van der Waals surface area contributed by atoms with E-state index in [1.165, 1.54) is 29.6 Å². The molecule has 1 aromatic heterocycles. The summed E-state index contributed by atoms with van der Waals surface area (Å²) in [6.45, 7) is 4.99. The second-order valence-electron chi connectivity index (χ2n) is 12.1. The molecule has 0 amide bonds. The van der Waals surface area contributed by atoms with E-state index in [0.29, 0.717) is 17.8 Å². The Kier molecular flexibility index (Phi) is 6.49. The zero-order valence-electron chi connectivity index (χ0n) is 22.4. The van der Waals surface area contributed by atoms with Gasteiger partial charge in [0.05, 0.1) is 0 Å². The quantitative estimate of drug-likeness (QED) is 0.260. The van der Waals surface area contributed by atoms with E-state index in [1.54, 1.807) is 0 Å². The Labute approximate surface area is 225 Å². The molecule has 6 atom stereocenters. The Balaban J connectivity index is 1.11. The number of carbonyl (C=O) groups is 2. The fourth-order valence-electron chi connectivity index (χ4n) is 8.25. The highest BCUT2D eigenvalue weighted by Crippen LogP contribution is 2.66. The molecule has 0 N–H and O–H groups in total. The Hall–Kier alpha value is -3.21. The maximum absolute atomic E-state index is 12.5. The minimum absolute atomic E-state index is 0.0726. The zero-order chi connectivity index (χ0) is 26.3. The average Bonchev–Trinajstić information content (AvgIpc) is 3.30. The molecule has 1 aromatic carbocycles. The van der Waals surface area contributed by atoms with Crippen LogP contribution >= 0.6 is 0 Å². The van der Waals surface area contributed by atoms with Crippen LogP contribution < -0.4 is 0 Å². The van der Waals surface area contributed by atoms with E-state index < -0.39 is 11.9 Å². The first-order valence-electron chi connectivity index (χ1n) is 14.1. The van der Waals surface area contributed by atoms with Crippen molar-refractivity contribution in [1.82, 2.24) is 4.98 Å². The van der Waals surface area contributed by atoms with Crippen molar-refractivity contribution in [2.24, 2.45) is 28.6 Å². The minimum Gasteiger partial charge on any atom is -0.454 e. The van der Waals surface area contributed by atoms with Gasteiger partial charge in [0.1, 0.15) is 12.7 Å². The van der Waals surface area contributed by atoms with Crippen molar-refractivity contribution in [3.8, 4) is 0 Å². The molecule has 5 heteroatoms. The molecule has 0 radical (unpaired) electrons. The fraction of sp³-hybridized carbons (Fsp3) is 0.485. The second-order valence-corrected chi connectivity index (χ2v) is 12.1. The molecule has 2 saturated carbocycles. The van der Waals surface area contributed by atoms with E-state index in [2.05, 4.69) is 37.0 Å². The van der Waals surface area contributed by atoms with Crippen LogP contribution in [0.25, 0.3) is 5.57 Å². The number of esters is 2. The maximum atomic E-state index is 12.5. The van der Waals surface area contributed by atoms with Gasteiger partial charge in [-0.3, -0.25) is 4.98 Å². The zero-order valence-corrected chi connectivity index (χ0v) is 22.4. The standard InChI is InChI=1S/C33H37NO4/c1-32-16-14-25(38-31(36)30(35)37-21-22-7-4-3-5-8-22)19-24(32)10-11-26-28-13-12-27(23-9-6-18-34-20-23)33(28,2)17-15-29(26)32/h3-10,12,18,20,25-26,28-29H,11,13-17,19,21H2,1-2H3/t25-,26-,28-,29-,32-,33+/m0/s1. The van der Waals surface area contributed by atoms with Gasteiger partial charge in [-0.2, -0.15) is 0 Å². The number of fused-ring (bicyclic) bond motifs is 5. The van der Waals surface area contributed by atoms with Gasteiger partial charge in [0.15, 0.2) is 0 Å². The molecule has 0 saturated heterocycles. The first kappa shape index (κ1) is 25.1. The summed E-state index contributed by atoms with van der Waals surface area (Å²) in [4.78, 5) is 29.1. The van der Waals surface area contributed by atoms with Crippen LogP contribution in [0, 0.1) is 28.6 Å². The maximum Gasteiger partial charge on any atom is 0.417 e. The van der Waals surface area contributed by atoms with Gasteiger partial charge < -0.3 is 9.47 Å². The normalized spacial score (nSPS) is 33.6. The van der Waals surface area contributed by atoms with Crippen LogP contribution in [0.4, 0.5) is 0 Å². The number of hydrogen-bond acceptors (Lipinski definition) is 5. The van der Waals surface area contributed by atoms with E-state index in [9.17, 15) is 9.59 Å². The van der Waals surface area contributed by atoms with E-state index in [4.69, 9.17) is 9.47 Å². The molecule has 4 aliphatic rings. The molecule has 0 aliphatic heterocycles. The van der Waals surface area contributed by atoms with Gasteiger partial charge in [0.2, 0.25) is 0 Å².